The zero-order chi connectivity index (χ0) is 18.1. The van der Waals surface area contributed by atoms with Crippen molar-refractivity contribution in [2.45, 2.75) is 18.9 Å². The molecule has 1 fully saturated rings. The van der Waals surface area contributed by atoms with E-state index in [1.807, 2.05) is 34.2 Å². The third-order valence-electron chi connectivity index (χ3n) is 4.99. The fourth-order valence-corrected chi connectivity index (χ4v) is 4.18. The first-order chi connectivity index (χ1) is 12.6. The first-order valence-corrected chi connectivity index (χ1v) is 9.59. The summed E-state index contributed by atoms with van der Waals surface area (Å²) in [6.45, 7) is 1.98. The lowest BCUT2D eigenvalue weighted by atomic mass is 10.0. The van der Waals surface area contributed by atoms with Gasteiger partial charge < -0.3 is 4.98 Å². The second kappa shape index (κ2) is 7.05. The van der Waals surface area contributed by atoms with Crippen molar-refractivity contribution in [2.24, 2.45) is 0 Å². The highest BCUT2D eigenvalue weighted by molar-refractivity contribution is 7.13. The monoisotopic (exact) mass is 371 g/mol. The van der Waals surface area contributed by atoms with E-state index in [4.69, 9.17) is 0 Å². The Morgan fingerprint density at radius 1 is 1.35 bits per heavy atom. The third kappa shape index (κ3) is 3.17. The number of aromatic amines is 1. The largest absolute Gasteiger partial charge is 0.326 e. The second-order valence-electron chi connectivity index (χ2n) is 6.59. The van der Waals surface area contributed by atoms with Crippen molar-refractivity contribution < 1.29 is 4.79 Å². The van der Waals surface area contributed by atoms with Gasteiger partial charge in [0.05, 0.1) is 17.6 Å². The van der Waals surface area contributed by atoms with Crippen LogP contribution < -0.4 is 10.6 Å². The van der Waals surface area contributed by atoms with E-state index in [0.29, 0.717) is 6.54 Å². The van der Waals surface area contributed by atoms with Crippen molar-refractivity contribution in [1.82, 2.24) is 19.4 Å². The molecule has 0 atom stereocenters. The van der Waals surface area contributed by atoms with Crippen LogP contribution in [0.2, 0.25) is 0 Å². The van der Waals surface area contributed by atoms with Gasteiger partial charge in [0.25, 0.3) is 0 Å². The van der Waals surface area contributed by atoms with Crippen LogP contribution in [0, 0.1) is 0 Å². The Labute approximate surface area is 154 Å². The quantitative estimate of drug-likeness (QED) is 0.762. The molecular weight excluding hydrogens is 350 g/mol. The lowest BCUT2D eigenvalue weighted by Gasteiger charge is -2.32. The number of hydrogen-bond donors (Lipinski definition) is 1. The predicted octanol–water partition coefficient (Wildman–Crippen LogP) is 2.09. The van der Waals surface area contributed by atoms with Crippen LogP contribution in [0.4, 0.5) is 5.13 Å². The van der Waals surface area contributed by atoms with Crippen LogP contribution in [0.25, 0.3) is 11.0 Å². The number of aromatic nitrogens is 3. The number of fused-ring (bicyclic) bond motifs is 1. The van der Waals surface area contributed by atoms with E-state index in [0.717, 1.165) is 42.1 Å². The fourth-order valence-electron chi connectivity index (χ4n) is 3.56. The number of H-pyrrole nitrogens is 1. The van der Waals surface area contributed by atoms with Gasteiger partial charge in [0.1, 0.15) is 0 Å². The molecule has 8 heteroatoms. The Hall–Kier alpha value is -2.45. The van der Waals surface area contributed by atoms with Crippen molar-refractivity contribution in [1.29, 1.82) is 0 Å². The average molecular weight is 371 g/mol. The van der Waals surface area contributed by atoms with Crippen LogP contribution in [0.3, 0.4) is 0 Å². The van der Waals surface area contributed by atoms with Crippen molar-refractivity contribution in [3.8, 4) is 0 Å². The number of benzene rings is 1. The molecule has 0 spiro atoms. The number of piperidine rings is 1. The minimum atomic E-state index is -0.0516. The molecule has 0 radical (unpaired) electrons. The van der Waals surface area contributed by atoms with Crippen LogP contribution in [0.5, 0.6) is 0 Å². The van der Waals surface area contributed by atoms with E-state index >= 15 is 0 Å². The van der Waals surface area contributed by atoms with Crippen molar-refractivity contribution >= 4 is 33.4 Å². The summed E-state index contributed by atoms with van der Waals surface area (Å²) in [5, 5.41) is 2.58. The number of likely N-dealkylation sites (N-methyl/N-ethyl adjacent to an activating group) is 1. The number of nitrogens with one attached hydrogen (secondary N) is 1. The normalized spacial score (nSPS) is 16.2. The molecule has 1 N–H and O–H groups in total. The molecular formula is C18H21N5O2S. The summed E-state index contributed by atoms with van der Waals surface area (Å²) in [6, 6.07) is 7.95. The topological polar surface area (TPSA) is 74.2 Å². The summed E-state index contributed by atoms with van der Waals surface area (Å²) in [5.41, 5.74) is 1.78. The summed E-state index contributed by atoms with van der Waals surface area (Å²) in [4.78, 5) is 35.7. The minimum Gasteiger partial charge on any atom is -0.306 e. The number of rotatable bonds is 4. The number of thiazole rings is 1. The Morgan fingerprint density at radius 3 is 2.85 bits per heavy atom. The molecule has 3 aromatic rings. The molecule has 1 aliphatic heterocycles. The van der Waals surface area contributed by atoms with Gasteiger partial charge in [-0.15, -0.1) is 11.3 Å². The zero-order valence-corrected chi connectivity index (χ0v) is 15.4. The van der Waals surface area contributed by atoms with Gasteiger partial charge in [0, 0.05) is 37.8 Å². The minimum absolute atomic E-state index is 0.0441. The predicted molar refractivity (Wildman–Crippen MR) is 103 cm³/mol. The lowest BCUT2D eigenvalue weighted by molar-refractivity contribution is -0.119. The summed E-state index contributed by atoms with van der Waals surface area (Å²) < 4.78 is 1.87. The first-order valence-electron chi connectivity index (χ1n) is 8.71. The summed E-state index contributed by atoms with van der Waals surface area (Å²) >= 11 is 1.46. The molecule has 1 amide bonds. The van der Waals surface area contributed by atoms with E-state index in [1.54, 1.807) is 18.1 Å². The fraction of sp³-hybridized carbons (Fsp3) is 0.389. The lowest BCUT2D eigenvalue weighted by Crippen LogP contribution is -2.43. The molecule has 0 unspecified atom stereocenters. The SMILES string of the molecule is CN(C(=O)CN1CCC(n2c(=O)[nH]c3ccccc32)CC1)c1nccs1. The van der Waals surface area contributed by atoms with E-state index in [9.17, 15) is 9.59 Å². The van der Waals surface area contributed by atoms with Gasteiger partial charge in [0.15, 0.2) is 5.13 Å². The Balaban J connectivity index is 1.40. The Morgan fingerprint density at radius 2 is 2.12 bits per heavy atom. The molecule has 1 saturated heterocycles. The maximum atomic E-state index is 12.4. The zero-order valence-electron chi connectivity index (χ0n) is 14.6. The van der Waals surface area contributed by atoms with Gasteiger partial charge in [-0.3, -0.25) is 19.2 Å². The molecule has 1 aromatic carbocycles. The van der Waals surface area contributed by atoms with Crippen molar-refractivity contribution in [3.05, 3.63) is 46.3 Å². The van der Waals surface area contributed by atoms with E-state index < -0.39 is 0 Å². The number of anilines is 1. The van der Waals surface area contributed by atoms with Crippen molar-refractivity contribution in [3.63, 3.8) is 0 Å². The molecule has 136 valence electrons. The smallest absolute Gasteiger partial charge is 0.306 e. The van der Waals surface area contributed by atoms with Crippen LogP contribution in [0.1, 0.15) is 18.9 Å². The summed E-state index contributed by atoms with van der Waals surface area (Å²) in [5.74, 6) is 0.0441. The molecule has 0 aliphatic carbocycles. The number of amides is 1. The average Bonchev–Trinajstić information content (AvgIpc) is 3.29. The van der Waals surface area contributed by atoms with Crippen LogP contribution in [-0.2, 0) is 4.79 Å². The highest BCUT2D eigenvalue weighted by Crippen LogP contribution is 2.25. The van der Waals surface area contributed by atoms with Gasteiger partial charge in [-0.05, 0) is 25.0 Å². The van der Waals surface area contributed by atoms with E-state index in [1.165, 1.54) is 11.3 Å². The summed E-state index contributed by atoms with van der Waals surface area (Å²) in [7, 11) is 1.76. The molecule has 0 saturated carbocycles. The molecule has 2 aromatic heterocycles. The molecule has 7 nitrogen and oxygen atoms in total. The van der Waals surface area contributed by atoms with Crippen LogP contribution in [-0.4, -0.2) is 52.0 Å². The number of hydrogen-bond acceptors (Lipinski definition) is 5. The van der Waals surface area contributed by atoms with E-state index in [2.05, 4.69) is 14.9 Å². The number of carbonyl (C=O) groups excluding carboxylic acids is 1. The second-order valence-corrected chi connectivity index (χ2v) is 7.47. The molecule has 1 aliphatic rings. The van der Waals surface area contributed by atoms with Crippen LogP contribution >= 0.6 is 11.3 Å². The van der Waals surface area contributed by atoms with Gasteiger partial charge in [-0.25, -0.2) is 9.78 Å². The van der Waals surface area contributed by atoms with E-state index in [-0.39, 0.29) is 17.6 Å². The van der Waals surface area contributed by atoms with Gasteiger partial charge in [0.2, 0.25) is 5.91 Å². The number of para-hydroxylation sites is 2. The van der Waals surface area contributed by atoms with Gasteiger partial charge in [-0.2, -0.15) is 0 Å². The third-order valence-corrected chi connectivity index (χ3v) is 5.83. The maximum absolute atomic E-state index is 12.4. The number of likely N-dealkylation sites (tertiary alicyclic amines) is 1. The van der Waals surface area contributed by atoms with Gasteiger partial charge in [-0.1, -0.05) is 12.1 Å². The summed E-state index contributed by atoms with van der Waals surface area (Å²) in [6.07, 6.45) is 3.42. The molecule has 0 bridgehead atoms. The standard InChI is InChI=1S/C18H21N5O2S/c1-21(18-19-8-11-26-18)16(24)12-22-9-6-13(7-10-22)23-15-5-3-2-4-14(15)20-17(23)25/h2-5,8,11,13H,6-7,9-10,12H2,1H3,(H,20,25). The molecule has 26 heavy (non-hydrogen) atoms. The Kier molecular flexibility index (Phi) is 4.60. The molecule has 4 rings (SSSR count). The number of nitrogens with zero attached hydrogens (tertiary/aromatic N) is 4. The maximum Gasteiger partial charge on any atom is 0.326 e. The molecule has 3 heterocycles. The van der Waals surface area contributed by atoms with Crippen molar-refractivity contribution in [2.75, 3.05) is 31.6 Å². The highest BCUT2D eigenvalue weighted by atomic mass is 32.1. The Bertz CT molecular complexity index is 954. The number of imidazole rings is 1. The number of carbonyl (C=O) groups is 1. The highest BCUT2D eigenvalue weighted by Gasteiger charge is 2.25. The first kappa shape index (κ1) is 17.0. The van der Waals surface area contributed by atoms with Crippen LogP contribution in [0.15, 0.2) is 40.6 Å². The van der Waals surface area contributed by atoms with Gasteiger partial charge >= 0.3 is 5.69 Å².